The van der Waals surface area contributed by atoms with Crippen LogP contribution in [0.3, 0.4) is 0 Å². The number of aromatic hydroxyl groups is 1. The molecule has 0 saturated carbocycles. The molecular weight excluding hydrogens is 268 g/mol. The van der Waals surface area contributed by atoms with Crippen molar-refractivity contribution in [1.29, 1.82) is 0 Å². The molecule has 0 unspecified atom stereocenters. The Kier molecular flexibility index (Phi) is 3.31. The second-order valence-corrected chi connectivity index (χ2v) is 4.00. The molecule has 3 nitrogen and oxygen atoms in total. The normalized spacial score (nSPS) is 10.8. The first-order valence-electron chi connectivity index (χ1n) is 4.71. The average Bonchev–Trinajstić information content (AvgIpc) is 2.32. The molecular formula is C12H9BrN2O. The minimum absolute atomic E-state index is 0.0992. The Morgan fingerprint density at radius 3 is 2.38 bits per heavy atom. The Morgan fingerprint density at radius 1 is 0.875 bits per heavy atom. The summed E-state index contributed by atoms with van der Waals surface area (Å²) in [6.07, 6.45) is 0. The Labute approximate surface area is 102 Å². The second-order valence-electron chi connectivity index (χ2n) is 3.14. The molecule has 0 bridgehead atoms. The van der Waals surface area contributed by atoms with E-state index in [2.05, 4.69) is 26.2 Å². The minimum Gasteiger partial charge on any atom is -0.505 e. The van der Waals surface area contributed by atoms with E-state index < -0.39 is 0 Å². The van der Waals surface area contributed by atoms with Gasteiger partial charge in [0.05, 0.1) is 10.2 Å². The number of azo groups is 1. The van der Waals surface area contributed by atoms with Crippen LogP contribution in [0, 0.1) is 0 Å². The van der Waals surface area contributed by atoms with Crippen LogP contribution in [-0.2, 0) is 0 Å². The van der Waals surface area contributed by atoms with Crippen LogP contribution in [0.5, 0.6) is 5.75 Å². The number of hydrogen-bond acceptors (Lipinski definition) is 3. The molecule has 4 heteroatoms. The Hall–Kier alpha value is -1.68. The van der Waals surface area contributed by atoms with E-state index in [1.807, 2.05) is 30.3 Å². The summed E-state index contributed by atoms with van der Waals surface area (Å²) in [6.45, 7) is 0. The van der Waals surface area contributed by atoms with Crippen molar-refractivity contribution in [3.63, 3.8) is 0 Å². The maximum atomic E-state index is 9.67. The number of phenolic OH excluding ortho intramolecular Hbond substituents is 1. The van der Waals surface area contributed by atoms with Crippen LogP contribution in [0.4, 0.5) is 11.4 Å². The first-order chi connectivity index (χ1) is 7.77. The number of hydrogen-bond donors (Lipinski definition) is 1. The molecule has 0 heterocycles. The predicted octanol–water partition coefficient (Wildman–Crippen LogP) is 4.57. The summed E-state index contributed by atoms with van der Waals surface area (Å²) in [5.41, 5.74) is 1.19. The molecule has 2 aromatic rings. The molecule has 1 N–H and O–H groups in total. The molecule has 0 radical (unpaired) electrons. The maximum absolute atomic E-state index is 9.67. The lowest BCUT2D eigenvalue weighted by molar-refractivity contribution is 0.473. The Morgan fingerprint density at radius 2 is 1.62 bits per heavy atom. The van der Waals surface area contributed by atoms with Crippen LogP contribution in [0.25, 0.3) is 0 Å². The number of nitrogens with zero attached hydrogens (tertiary/aromatic N) is 2. The highest BCUT2D eigenvalue weighted by atomic mass is 79.9. The zero-order chi connectivity index (χ0) is 11.4. The highest BCUT2D eigenvalue weighted by molar-refractivity contribution is 9.10. The van der Waals surface area contributed by atoms with Crippen molar-refractivity contribution >= 4 is 27.3 Å². The summed E-state index contributed by atoms with van der Waals surface area (Å²) < 4.78 is 0.608. The zero-order valence-corrected chi connectivity index (χ0v) is 9.92. The van der Waals surface area contributed by atoms with E-state index >= 15 is 0 Å². The van der Waals surface area contributed by atoms with Crippen LogP contribution in [0.1, 0.15) is 0 Å². The third-order valence-corrected chi connectivity index (χ3v) is 2.63. The first-order valence-corrected chi connectivity index (χ1v) is 5.51. The minimum atomic E-state index is 0.0992. The third-order valence-electron chi connectivity index (χ3n) is 1.99. The fourth-order valence-electron chi connectivity index (χ4n) is 1.19. The molecule has 80 valence electrons. The van der Waals surface area contributed by atoms with Gasteiger partial charge in [-0.05, 0) is 40.2 Å². The summed E-state index contributed by atoms with van der Waals surface area (Å²) in [7, 11) is 0. The highest BCUT2D eigenvalue weighted by Crippen LogP contribution is 2.34. The fraction of sp³-hybridized carbons (Fsp3) is 0. The van der Waals surface area contributed by atoms with Gasteiger partial charge in [0.2, 0.25) is 0 Å². The van der Waals surface area contributed by atoms with Crippen molar-refractivity contribution in [2.24, 2.45) is 10.2 Å². The highest BCUT2D eigenvalue weighted by Gasteiger charge is 2.02. The molecule has 0 amide bonds. The summed E-state index contributed by atoms with van der Waals surface area (Å²) >= 11 is 3.22. The summed E-state index contributed by atoms with van der Waals surface area (Å²) in [6, 6.07) is 14.6. The number of phenols is 1. The molecule has 0 aliphatic heterocycles. The maximum Gasteiger partial charge on any atom is 0.157 e. The molecule has 0 aromatic heterocycles. The largest absolute Gasteiger partial charge is 0.505 e. The van der Waals surface area contributed by atoms with E-state index in [4.69, 9.17) is 0 Å². The zero-order valence-electron chi connectivity index (χ0n) is 8.34. The van der Waals surface area contributed by atoms with Gasteiger partial charge in [-0.3, -0.25) is 0 Å². The average molecular weight is 277 g/mol. The predicted molar refractivity (Wildman–Crippen MR) is 66.4 cm³/mol. The third kappa shape index (κ3) is 2.46. The van der Waals surface area contributed by atoms with E-state index in [0.29, 0.717) is 10.2 Å². The van der Waals surface area contributed by atoms with Gasteiger partial charge in [-0.25, -0.2) is 0 Å². The van der Waals surface area contributed by atoms with Crippen molar-refractivity contribution in [3.8, 4) is 5.75 Å². The van der Waals surface area contributed by atoms with E-state index in [9.17, 15) is 5.11 Å². The topological polar surface area (TPSA) is 45.0 Å². The lowest BCUT2D eigenvalue weighted by Crippen LogP contribution is -1.69. The smallest absolute Gasteiger partial charge is 0.157 e. The van der Waals surface area contributed by atoms with Gasteiger partial charge in [0.15, 0.2) is 5.75 Å². The second kappa shape index (κ2) is 4.90. The number of halogens is 1. The lowest BCUT2D eigenvalue weighted by atomic mass is 10.3. The monoisotopic (exact) mass is 276 g/mol. The molecule has 0 atom stereocenters. The van der Waals surface area contributed by atoms with Gasteiger partial charge in [-0.1, -0.05) is 24.3 Å². The van der Waals surface area contributed by atoms with Gasteiger partial charge >= 0.3 is 0 Å². The molecule has 2 rings (SSSR count). The van der Waals surface area contributed by atoms with Gasteiger partial charge in [-0.15, -0.1) is 5.11 Å². The molecule has 0 saturated heterocycles. The molecule has 16 heavy (non-hydrogen) atoms. The van der Waals surface area contributed by atoms with Crippen LogP contribution >= 0.6 is 15.9 Å². The van der Waals surface area contributed by atoms with Gasteiger partial charge in [0, 0.05) is 0 Å². The van der Waals surface area contributed by atoms with Crippen LogP contribution in [0.15, 0.2) is 63.2 Å². The van der Waals surface area contributed by atoms with Crippen LogP contribution in [-0.4, -0.2) is 5.11 Å². The van der Waals surface area contributed by atoms with Gasteiger partial charge in [0.1, 0.15) is 5.69 Å². The van der Waals surface area contributed by atoms with Gasteiger partial charge in [-0.2, -0.15) is 5.11 Å². The standard InChI is InChI=1S/C12H9BrN2O/c13-10-7-4-8-11(12(10)16)15-14-9-5-2-1-3-6-9/h1-8,16H. The van der Waals surface area contributed by atoms with E-state index in [0.717, 1.165) is 5.69 Å². The van der Waals surface area contributed by atoms with Crippen molar-refractivity contribution in [1.82, 2.24) is 0 Å². The van der Waals surface area contributed by atoms with Crippen molar-refractivity contribution < 1.29 is 5.11 Å². The fourth-order valence-corrected chi connectivity index (χ4v) is 1.55. The van der Waals surface area contributed by atoms with Crippen LogP contribution < -0.4 is 0 Å². The SMILES string of the molecule is Oc1c(Br)cccc1N=Nc1ccccc1. The lowest BCUT2D eigenvalue weighted by Gasteiger charge is -1.99. The first kappa shape index (κ1) is 10.8. The van der Waals surface area contributed by atoms with Gasteiger partial charge < -0.3 is 5.11 Å². The molecule has 0 aliphatic carbocycles. The van der Waals surface area contributed by atoms with E-state index in [1.165, 1.54) is 0 Å². The number of rotatable bonds is 2. The molecule has 0 fully saturated rings. The van der Waals surface area contributed by atoms with Crippen molar-refractivity contribution in [2.75, 3.05) is 0 Å². The number of para-hydroxylation sites is 1. The molecule has 0 spiro atoms. The summed E-state index contributed by atoms with van der Waals surface area (Å²) in [5.74, 6) is 0.0992. The quantitative estimate of drug-likeness (QED) is 0.803. The van der Waals surface area contributed by atoms with Gasteiger partial charge in [0.25, 0.3) is 0 Å². The van der Waals surface area contributed by atoms with E-state index in [1.54, 1.807) is 18.2 Å². The van der Waals surface area contributed by atoms with E-state index in [-0.39, 0.29) is 5.75 Å². The van der Waals surface area contributed by atoms with Crippen LogP contribution in [0.2, 0.25) is 0 Å². The Balaban J connectivity index is 2.28. The Bertz CT molecular complexity index is 512. The molecule has 0 aliphatic rings. The number of benzene rings is 2. The van der Waals surface area contributed by atoms with Crippen molar-refractivity contribution in [3.05, 3.63) is 53.0 Å². The molecule has 2 aromatic carbocycles. The summed E-state index contributed by atoms with van der Waals surface area (Å²) in [5, 5.41) is 17.7. The summed E-state index contributed by atoms with van der Waals surface area (Å²) in [4.78, 5) is 0. The van der Waals surface area contributed by atoms with Crippen molar-refractivity contribution in [2.45, 2.75) is 0 Å².